The van der Waals surface area contributed by atoms with Crippen molar-refractivity contribution in [2.45, 2.75) is 64.7 Å². The van der Waals surface area contributed by atoms with E-state index in [4.69, 9.17) is 4.74 Å². The topological polar surface area (TPSA) is 9.23 Å². The van der Waals surface area contributed by atoms with E-state index in [1.807, 2.05) is 12.1 Å². The number of benzene rings is 2. The van der Waals surface area contributed by atoms with Gasteiger partial charge in [0.2, 0.25) is 0 Å². The normalized spacial score (nSPS) is 14.1. The maximum atomic E-state index is 5.29. The minimum absolute atomic E-state index is 0.643. The Labute approximate surface area is 186 Å². The summed E-state index contributed by atoms with van der Waals surface area (Å²) in [6, 6.07) is 19.1. The Morgan fingerprint density at radius 2 is 1.30 bits per heavy atom. The van der Waals surface area contributed by atoms with E-state index in [1.54, 1.807) is 7.11 Å². The molecule has 0 amide bonds. The quantitative estimate of drug-likeness (QED) is 0.337. The van der Waals surface area contributed by atoms with Crippen LogP contribution >= 0.6 is 0 Å². The minimum atomic E-state index is -2.12. The lowest BCUT2D eigenvalue weighted by atomic mass is 10.2. The van der Waals surface area contributed by atoms with Crippen LogP contribution in [0.3, 0.4) is 0 Å². The summed E-state index contributed by atoms with van der Waals surface area (Å²) >= 11 is 0. The first-order chi connectivity index (χ1) is 14.2. The van der Waals surface area contributed by atoms with Gasteiger partial charge < -0.3 is 4.74 Å². The highest BCUT2D eigenvalue weighted by Gasteiger charge is 2.42. The Bertz CT molecular complexity index is 864. The lowest BCUT2D eigenvalue weighted by Crippen LogP contribution is -2.46. The van der Waals surface area contributed by atoms with Crippen molar-refractivity contribution in [3.63, 3.8) is 0 Å². The molecule has 0 N–H and O–H groups in total. The highest BCUT2D eigenvalue weighted by atomic mass is 28.3. The molecule has 3 heteroatoms. The summed E-state index contributed by atoms with van der Waals surface area (Å²) in [4.78, 5) is 0. The van der Waals surface area contributed by atoms with Gasteiger partial charge in [0, 0.05) is 0 Å². The Morgan fingerprint density at radius 1 is 0.767 bits per heavy atom. The Kier molecular flexibility index (Phi) is 8.35. The maximum Gasteiger partial charge on any atom is 0.188 e. The molecule has 2 rings (SSSR count). The van der Waals surface area contributed by atoms with Gasteiger partial charge in [-0.05, 0) is 39.5 Å². The van der Waals surface area contributed by atoms with Crippen molar-refractivity contribution in [2.24, 2.45) is 0 Å². The highest BCUT2D eigenvalue weighted by molar-refractivity contribution is 7.03. The molecule has 1 nitrogen and oxygen atoms in total. The van der Waals surface area contributed by atoms with Gasteiger partial charge in [-0.3, -0.25) is 0 Å². The van der Waals surface area contributed by atoms with Crippen LogP contribution in [0.15, 0.2) is 60.3 Å². The van der Waals surface area contributed by atoms with E-state index in [2.05, 4.69) is 113 Å². The average molecular weight is 435 g/mol. The summed E-state index contributed by atoms with van der Waals surface area (Å²) in [7, 11) is -2.18. The molecule has 0 saturated carbocycles. The molecule has 1 unspecified atom stereocenters. The fraction of sp³-hybridized carbons (Fsp3) is 0.407. The van der Waals surface area contributed by atoms with E-state index in [9.17, 15) is 0 Å². The van der Waals surface area contributed by atoms with E-state index < -0.39 is 16.1 Å². The van der Waals surface area contributed by atoms with Crippen LogP contribution in [0.5, 0.6) is 5.75 Å². The second-order valence-electron chi connectivity index (χ2n) is 9.32. The number of hydrogen-bond acceptors (Lipinski definition) is 1. The summed E-state index contributed by atoms with van der Waals surface area (Å²) < 4.78 is 5.29. The largest absolute Gasteiger partial charge is 0.497 e. The third kappa shape index (κ3) is 5.36. The molecule has 0 radical (unpaired) electrons. The van der Waals surface area contributed by atoms with Crippen LogP contribution in [0.4, 0.5) is 0 Å². The molecule has 0 aliphatic rings. The molecule has 0 aromatic heterocycles. The molecule has 0 spiro atoms. The molecule has 0 fully saturated rings. The lowest BCUT2D eigenvalue weighted by Gasteiger charge is -2.38. The average Bonchev–Trinajstić information content (AvgIpc) is 2.73. The molecule has 0 heterocycles. The van der Waals surface area contributed by atoms with Crippen molar-refractivity contribution in [1.82, 2.24) is 0 Å². The zero-order valence-electron chi connectivity index (χ0n) is 20.0. The summed E-state index contributed by atoms with van der Waals surface area (Å²) in [5, 5.41) is 1.38. The predicted octanol–water partition coefficient (Wildman–Crippen LogP) is 6.99. The molecule has 2 aromatic carbocycles. The molecule has 30 heavy (non-hydrogen) atoms. The summed E-state index contributed by atoms with van der Waals surface area (Å²) in [6.07, 6.45) is 2.25. The van der Waals surface area contributed by atoms with Crippen LogP contribution in [-0.4, -0.2) is 23.3 Å². The zero-order valence-corrected chi connectivity index (χ0v) is 22.0. The Balaban J connectivity index is 2.56. The molecule has 0 bridgehead atoms. The van der Waals surface area contributed by atoms with Gasteiger partial charge in [0.15, 0.2) is 8.07 Å². The second kappa shape index (κ2) is 10.3. The third-order valence-corrected chi connectivity index (χ3v) is 16.1. The van der Waals surface area contributed by atoms with Crippen molar-refractivity contribution in [3.8, 4) is 16.8 Å². The molecule has 2 aromatic rings. The van der Waals surface area contributed by atoms with Crippen molar-refractivity contribution in [2.75, 3.05) is 7.11 Å². The molecule has 0 aliphatic carbocycles. The van der Waals surface area contributed by atoms with Crippen LogP contribution in [0, 0.1) is 11.1 Å². The highest BCUT2D eigenvalue weighted by Crippen LogP contribution is 2.40. The first kappa shape index (κ1) is 24.2. The SMILES string of the molecule is COc1ccc(/C=C/[Si](C)(C#C[Si](C(C)C)(C(C)C)C(C)C)c2ccccc2)cc1. The van der Waals surface area contributed by atoms with Crippen LogP contribution in [0.2, 0.25) is 23.2 Å². The van der Waals surface area contributed by atoms with Crippen molar-refractivity contribution < 1.29 is 4.74 Å². The Morgan fingerprint density at radius 3 is 1.77 bits per heavy atom. The van der Waals surface area contributed by atoms with E-state index in [-0.39, 0.29) is 0 Å². The number of ether oxygens (including phenoxy) is 1. The first-order valence-corrected chi connectivity index (χ1v) is 15.9. The van der Waals surface area contributed by atoms with Gasteiger partial charge in [0.05, 0.1) is 7.11 Å². The fourth-order valence-corrected chi connectivity index (χ4v) is 13.2. The van der Waals surface area contributed by atoms with Gasteiger partial charge in [0.25, 0.3) is 0 Å². The third-order valence-electron chi connectivity index (χ3n) is 6.50. The molecule has 1 atom stereocenters. The van der Waals surface area contributed by atoms with Gasteiger partial charge in [-0.15, -0.1) is 11.1 Å². The number of rotatable bonds is 7. The smallest absolute Gasteiger partial charge is 0.188 e. The van der Waals surface area contributed by atoms with Crippen LogP contribution in [0.1, 0.15) is 47.1 Å². The number of hydrogen-bond donors (Lipinski definition) is 0. The first-order valence-electron chi connectivity index (χ1n) is 11.1. The van der Waals surface area contributed by atoms with Crippen LogP contribution in [-0.2, 0) is 0 Å². The maximum absolute atomic E-state index is 5.29. The van der Waals surface area contributed by atoms with E-state index >= 15 is 0 Å². The summed E-state index contributed by atoms with van der Waals surface area (Å²) in [5.74, 6) is 0.886. The molecule has 0 saturated heterocycles. The Hall–Kier alpha value is -2.03. The molecular formula is C27H38OSi2. The number of methoxy groups -OCH3 is 1. The lowest BCUT2D eigenvalue weighted by molar-refractivity contribution is 0.415. The van der Waals surface area contributed by atoms with Gasteiger partial charge in [-0.1, -0.05) is 102 Å². The van der Waals surface area contributed by atoms with Crippen molar-refractivity contribution >= 4 is 27.4 Å². The van der Waals surface area contributed by atoms with Crippen molar-refractivity contribution in [1.29, 1.82) is 0 Å². The van der Waals surface area contributed by atoms with E-state index in [0.29, 0.717) is 16.6 Å². The van der Waals surface area contributed by atoms with Gasteiger partial charge in [-0.2, -0.15) is 0 Å². The standard InChI is InChI=1S/C27H38OSi2/c1-22(2)30(23(3)4,24(5)6)21-20-29(8,27-12-10-9-11-13-27)19-18-25-14-16-26(28-7)17-15-25/h9-19,22-24H,1-8H3/b19-18+. The molecule has 0 aliphatic heterocycles. The van der Waals surface area contributed by atoms with Crippen LogP contribution in [0.25, 0.3) is 6.08 Å². The molecule has 160 valence electrons. The molecular weight excluding hydrogens is 396 g/mol. The van der Waals surface area contributed by atoms with Crippen LogP contribution < -0.4 is 9.92 Å². The van der Waals surface area contributed by atoms with E-state index in [0.717, 1.165) is 5.75 Å². The fourth-order valence-electron chi connectivity index (χ4n) is 4.64. The van der Waals surface area contributed by atoms with Crippen molar-refractivity contribution in [3.05, 3.63) is 65.9 Å². The minimum Gasteiger partial charge on any atom is -0.497 e. The van der Waals surface area contributed by atoms with Gasteiger partial charge in [-0.25, -0.2) is 0 Å². The summed E-state index contributed by atoms with van der Waals surface area (Å²) in [6.45, 7) is 16.7. The van der Waals surface area contributed by atoms with Gasteiger partial charge in [0.1, 0.15) is 13.8 Å². The zero-order chi connectivity index (χ0) is 22.4. The van der Waals surface area contributed by atoms with Gasteiger partial charge >= 0.3 is 0 Å². The summed E-state index contributed by atoms with van der Waals surface area (Å²) in [5.41, 5.74) is 13.5. The predicted molar refractivity (Wildman–Crippen MR) is 139 cm³/mol. The second-order valence-corrected chi connectivity index (χ2v) is 18.5. The van der Waals surface area contributed by atoms with E-state index in [1.165, 1.54) is 10.8 Å². The monoisotopic (exact) mass is 434 g/mol.